The minimum atomic E-state index is -0.722. The largest absolute Gasteiger partial charge is 0.481 e. The van der Waals surface area contributed by atoms with Crippen LogP contribution in [-0.2, 0) is 11.3 Å². The zero-order valence-electron chi connectivity index (χ0n) is 9.11. The van der Waals surface area contributed by atoms with Crippen LogP contribution in [0.1, 0.15) is 31.4 Å². The van der Waals surface area contributed by atoms with E-state index < -0.39 is 5.97 Å². The van der Waals surface area contributed by atoms with Gasteiger partial charge in [0.25, 0.3) is 0 Å². The Hall–Kier alpha value is -1.14. The number of carboxylic acids is 1. The second-order valence-corrected chi connectivity index (χ2v) is 4.34. The summed E-state index contributed by atoms with van der Waals surface area (Å²) in [5.74, 6) is -0.722. The van der Waals surface area contributed by atoms with Crippen molar-refractivity contribution in [3.05, 3.63) is 11.1 Å². The van der Waals surface area contributed by atoms with Gasteiger partial charge in [-0.15, -0.1) is 11.3 Å². The van der Waals surface area contributed by atoms with Crippen molar-refractivity contribution >= 4 is 22.4 Å². The Balaban J connectivity index is 2.04. The molecule has 0 unspecified atom stereocenters. The van der Waals surface area contributed by atoms with Crippen molar-refractivity contribution in [2.24, 2.45) is 5.73 Å². The highest BCUT2D eigenvalue weighted by Crippen LogP contribution is 2.14. The van der Waals surface area contributed by atoms with Crippen LogP contribution in [0.3, 0.4) is 0 Å². The molecular formula is C10H17N3O2S. The van der Waals surface area contributed by atoms with E-state index in [4.69, 9.17) is 10.8 Å². The molecular weight excluding hydrogens is 226 g/mol. The van der Waals surface area contributed by atoms with E-state index in [9.17, 15) is 4.79 Å². The molecule has 4 N–H and O–H groups in total. The number of rotatable bonds is 8. The van der Waals surface area contributed by atoms with Crippen molar-refractivity contribution in [2.45, 2.75) is 32.2 Å². The number of unbranched alkanes of at least 4 members (excludes halogenated alkanes) is 2. The summed E-state index contributed by atoms with van der Waals surface area (Å²) in [6.07, 6.45) is 2.89. The fraction of sp³-hybridized carbons (Fsp3) is 0.600. The molecule has 0 radical (unpaired) electrons. The molecule has 16 heavy (non-hydrogen) atoms. The molecule has 0 saturated carbocycles. The maximum atomic E-state index is 10.3. The molecule has 0 saturated heterocycles. The minimum absolute atomic E-state index is 0.259. The van der Waals surface area contributed by atoms with Gasteiger partial charge in [0, 0.05) is 24.9 Å². The maximum Gasteiger partial charge on any atom is 0.303 e. The van der Waals surface area contributed by atoms with Crippen LogP contribution < -0.4 is 11.1 Å². The second-order valence-electron chi connectivity index (χ2n) is 3.48. The monoisotopic (exact) mass is 243 g/mol. The van der Waals surface area contributed by atoms with Gasteiger partial charge in [-0.25, -0.2) is 4.98 Å². The quantitative estimate of drug-likeness (QED) is 0.604. The van der Waals surface area contributed by atoms with E-state index in [2.05, 4.69) is 10.3 Å². The summed E-state index contributed by atoms with van der Waals surface area (Å²) >= 11 is 1.55. The first-order chi connectivity index (χ1) is 7.72. The van der Waals surface area contributed by atoms with Crippen LogP contribution in [0.25, 0.3) is 0 Å². The number of nitrogens with one attached hydrogen (secondary N) is 1. The lowest BCUT2D eigenvalue weighted by molar-refractivity contribution is -0.137. The summed E-state index contributed by atoms with van der Waals surface area (Å²) in [6.45, 7) is 1.30. The SMILES string of the molecule is NCc1csc(NCCCCCC(=O)O)n1. The lowest BCUT2D eigenvalue weighted by Crippen LogP contribution is -2.03. The lowest BCUT2D eigenvalue weighted by Gasteiger charge is -2.01. The minimum Gasteiger partial charge on any atom is -0.481 e. The van der Waals surface area contributed by atoms with Crippen molar-refractivity contribution in [1.82, 2.24) is 4.98 Å². The Bertz CT molecular complexity index is 328. The van der Waals surface area contributed by atoms with Crippen LogP contribution in [0.2, 0.25) is 0 Å². The average molecular weight is 243 g/mol. The average Bonchev–Trinajstić information content (AvgIpc) is 2.70. The fourth-order valence-electron chi connectivity index (χ4n) is 1.26. The highest BCUT2D eigenvalue weighted by atomic mass is 32.1. The molecule has 1 aromatic heterocycles. The van der Waals surface area contributed by atoms with Crippen LogP contribution in [0.5, 0.6) is 0 Å². The molecule has 0 amide bonds. The molecule has 0 aliphatic rings. The van der Waals surface area contributed by atoms with Crippen LogP contribution in [0.15, 0.2) is 5.38 Å². The van der Waals surface area contributed by atoms with Crippen LogP contribution in [0.4, 0.5) is 5.13 Å². The van der Waals surface area contributed by atoms with Gasteiger partial charge in [-0.3, -0.25) is 4.79 Å². The molecule has 1 aromatic rings. The molecule has 90 valence electrons. The van der Waals surface area contributed by atoms with Gasteiger partial charge in [0.15, 0.2) is 5.13 Å². The fourth-order valence-corrected chi connectivity index (χ4v) is 2.01. The van der Waals surface area contributed by atoms with Crippen molar-refractivity contribution in [2.75, 3.05) is 11.9 Å². The summed E-state index contributed by atoms with van der Waals surface area (Å²) in [7, 11) is 0. The lowest BCUT2D eigenvalue weighted by atomic mass is 10.2. The first-order valence-electron chi connectivity index (χ1n) is 5.32. The first kappa shape index (κ1) is 12.9. The number of carboxylic acid groups (broad SMARTS) is 1. The van der Waals surface area contributed by atoms with Gasteiger partial charge < -0.3 is 16.2 Å². The number of nitrogens with two attached hydrogens (primary N) is 1. The van der Waals surface area contributed by atoms with Gasteiger partial charge >= 0.3 is 5.97 Å². The van der Waals surface area contributed by atoms with Crippen molar-refractivity contribution in [1.29, 1.82) is 0 Å². The van der Waals surface area contributed by atoms with E-state index in [0.29, 0.717) is 6.54 Å². The van der Waals surface area contributed by atoms with E-state index in [-0.39, 0.29) is 6.42 Å². The third kappa shape index (κ3) is 5.09. The Labute approximate surface area is 98.7 Å². The maximum absolute atomic E-state index is 10.3. The van der Waals surface area contributed by atoms with Gasteiger partial charge in [-0.05, 0) is 12.8 Å². The van der Waals surface area contributed by atoms with Crippen LogP contribution in [-0.4, -0.2) is 22.6 Å². The number of hydrogen-bond acceptors (Lipinski definition) is 5. The molecule has 1 heterocycles. The molecule has 0 atom stereocenters. The Morgan fingerprint density at radius 2 is 2.31 bits per heavy atom. The number of anilines is 1. The van der Waals surface area contributed by atoms with E-state index in [1.165, 1.54) is 0 Å². The normalized spacial score (nSPS) is 10.3. The van der Waals surface area contributed by atoms with E-state index in [1.807, 2.05) is 5.38 Å². The van der Waals surface area contributed by atoms with Crippen molar-refractivity contribution < 1.29 is 9.90 Å². The molecule has 0 aliphatic carbocycles. The smallest absolute Gasteiger partial charge is 0.303 e. The molecule has 6 heteroatoms. The van der Waals surface area contributed by atoms with Gasteiger partial charge in [-0.2, -0.15) is 0 Å². The predicted molar refractivity (Wildman–Crippen MR) is 64.6 cm³/mol. The Kier molecular flexibility index (Phi) is 5.81. The van der Waals surface area contributed by atoms with Gasteiger partial charge in [-0.1, -0.05) is 6.42 Å². The summed E-state index contributed by atoms with van der Waals surface area (Å²) in [5.41, 5.74) is 6.35. The summed E-state index contributed by atoms with van der Waals surface area (Å²) in [6, 6.07) is 0. The van der Waals surface area contributed by atoms with Gasteiger partial charge in [0.2, 0.25) is 0 Å². The second kappa shape index (κ2) is 7.19. The summed E-state index contributed by atoms with van der Waals surface area (Å²) in [5, 5.41) is 14.5. The number of thiazole rings is 1. The third-order valence-electron chi connectivity index (χ3n) is 2.10. The summed E-state index contributed by atoms with van der Waals surface area (Å²) < 4.78 is 0. The number of carbonyl (C=O) groups is 1. The highest BCUT2D eigenvalue weighted by molar-refractivity contribution is 7.13. The Morgan fingerprint density at radius 3 is 2.94 bits per heavy atom. The molecule has 0 fully saturated rings. The number of aliphatic carboxylic acids is 1. The third-order valence-corrected chi connectivity index (χ3v) is 2.95. The molecule has 0 bridgehead atoms. The standard InChI is InChI=1S/C10H17N3O2S/c11-6-8-7-16-10(13-8)12-5-3-1-2-4-9(14)15/h7H,1-6,11H2,(H,12,13)(H,14,15). The predicted octanol–water partition coefficient (Wildman–Crippen LogP) is 1.66. The molecule has 0 aromatic carbocycles. The first-order valence-corrected chi connectivity index (χ1v) is 6.20. The van der Waals surface area contributed by atoms with Gasteiger partial charge in [0.1, 0.15) is 0 Å². The van der Waals surface area contributed by atoms with E-state index in [0.717, 1.165) is 36.6 Å². The zero-order chi connectivity index (χ0) is 11.8. The van der Waals surface area contributed by atoms with E-state index >= 15 is 0 Å². The number of hydrogen-bond donors (Lipinski definition) is 3. The van der Waals surface area contributed by atoms with E-state index in [1.54, 1.807) is 11.3 Å². The summed E-state index contributed by atoms with van der Waals surface area (Å²) in [4.78, 5) is 14.5. The molecule has 0 aliphatic heterocycles. The van der Waals surface area contributed by atoms with Crippen molar-refractivity contribution in [3.63, 3.8) is 0 Å². The number of nitrogens with zero attached hydrogens (tertiary/aromatic N) is 1. The van der Waals surface area contributed by atoms with Gasteiger partial charge in [0.05, 0.1) is 5.69 Å². The highest BCUT2D eigenvalue weighted by Gasteiger charge is 1.99. The molecule has 0 spiro atoms. The topological polar surface area (TPSA) is 88.2 Å². The van der Waals surface area contributed by atoms with Crippen molar-refractivity contribution in [3.8, 4) is 0 Å². The molecule has 5 nitrogen and oxygen atoms in total. The van der Waals surface area contributed by atoms with Crippen LogP contribution in [0, 0.1) is 0 Å². The van der Waals surface area contributed by atoms with Crippen LogP contribution >= 0.6 is 11.3 Å². The Morgan fingerprint density at radius 1 is 1.50 bits per heavy atom. The zero-order valence-corrected chi connectivity index (χ0v) is 9.92. The number of aromatic nitrogens is 1. The molecule has 1 rings (SSSR count).